The van der Waals surface area contributed by atoms with Crippen LogP contribution in [0.4, 0.5) is 10.1 Å². The zero-order valence-electron chi connectivity index (χ0n) is 18.4. The smallest absolute Gasteiger partial charge is 0.350 e. The lowest BCUT2D eigenvalue weighted by Gasteiger charge is -2.24. The largest absolute Gasteiger partial charge is 0.492 e. The number of hydrogen-bond donors (Lipinski definition) is 2. The van der Waals surface area contributed by atoms with Gasteiger partial charge in [-0.25, -0.2) is 9.78 Å². The zero-order valence-corrected chi connectivity index (χ0v) is 18.4. The first-order chi connectivity index (χ1) is 15.9. The van der Waals surface area contributed by atoms with Gasteiger partial charge in [-0.05, 0) is 44.2 Å². The van der Waals surface area contributed by atoms with Gasteiger partial charge >= 0.3 is 11.2 Å². The van der Waals surface area contributed by atoms with Crippen molar-refractivity contribution in [2.24, 2.45) is 11.7 Å². The van der Waals surface area contributed by atoms with Crippen LogP contribution >= 0.6 is 0 Å². The molecule has 5 rings (SSSR count). The quantitative estimate of drug-likeness (QED) is 0.425. The minimum atomic E-state index is -0.792. The SMILES string of the molecule is Cc1c(N2CCC(C(N)COc3ccccc3)C2)c(F)nc2c(=O)n(N)c(=O)n(C3CC3)c12. The van der Waals surface area contributed by atoms with Crippen LogP contribution in [0.25, 0.3) is 11.0 Å². The Labute approximate surface area is 189 Å². The third kappa shape index (κ3) is 3.74. The molecule has 1 saturated carbocycles. The van der Waals surface area contributed by atoms with Crippen LogP contribution < -0.4 is 32.5 Å². The number of ether oxygens (including phenoxy) is 1. The first kappa shape index (κ1) is 21.4. The number of benzene rings is 1. The molecule has 174 valence electrons. The van der Waals surface area contributed by atoms with Crippen LogP contribution in [-0.4, -0.2) is 40.0 Å². The normalized spacial score (nSPS) is 19.2. The molecule has 4 N–H and O–H groups in total. The molecule has 33 heavy (non-hydrogen) atoms. The number of halogens is 1. The fourth-order valence-electron chi connectivity index (χ4n) is 4.73. The summed E-state index contributed by atoms with van der Waals surface area (Å²) >= 11 is 0. The highest BCUT2D eigenvalue weighted by Gasteiger charge is 2.34. The second-order valence-corrected chi connectivity index (χ2v) is 8.92. The summed E-state index contributed by atoms with van der Waals surface area (Å²) in [5.74, 6) is 5.79. The van der Waals surface area contributed by atoms with E-state index in [9.17, 15) is 9.59 Å². The van der Waals surface area contributed by atoms with Crippen LogP contribution in [0.15, 0.2) is 39.9 Å². The van der Waals surface area contributed by atoms with Crippen molar-refractivity contribution in [1.82, 2.24) is 14.2 Å². The van der Waals surface area contributed by atoms with E-state index in [1.54, 1.807) is 6.92 Å². The van der Waals surface area contributed by atoms with Crippen molar-refractivity contribution in [3.63, 3.8) is 0 Å². The fourth-order valence-corrected chi connectivity index (χ4v) is 4.73. The molecule has 0 amide bonds. The Morgan fingerprint density at radius 1 is 1.21 bits per heavy atom. The molecule has 3 heterocycles. The zero-order chi connectivity index (χ0) is 23.3. The molecule has 2 unspecified atom stereocenters. The van der Waals surface area contributed by atoms with E-state index in [1.165, 1.54) is 4.57 Å². The van der Waals surface area contributed by atoms with Gasteiger partial charge < -0.3 is 21.2 Å². The van der Waals surface area contributed by atoms with E-state index in [2.05, 4.69) is 4.98 Å². The minimum Gasteiger partial charge on any atom is -0.492 e. The monoisotopic (exact) mass is 454 g/mol. The number of rotatable bonds is 6. The minimum absolute atomic E-state index is 0.0518. The number of para-hydroxylation sites is 1. The second kappa shape index (κ2) is 8.18. The summed E-state index contributed by atoms with van der Waals surface area (Å²) in [5, 5.41) is 0. The summed E-state index contributed by atoms with van der Waals surface area (Å²) in [6, 6.07) is 9.20. The number of nitrogens with two attached hydrogens (primary N) is 2. The van der Waals surface area contributed by atoms with Crippen LogP contribution in [0.3, 0.4) is 0 Å². The highest BCUT2D eigenvalue weighted by atomic mass is 19.1. The molecule has 2 aromatic heterocycles. The number of pyridine rings is 1. The molecule has 1 saturated heterocycles. The maximum absolute atomic E-state index is 15.2. The number of fused-ring (bicyclic) bond motifs is 1. The number of anilines is 1. The third-order valence-electron chi connectivity index (χ3n) is 6.66. The predicted molar refractivity (Wildman–Crippen MR) is 124 cm³/mol. The Hall–Kier alpha value is -3.40. The van der Waals surface area contributed by atoms with Crippen LogP contribution in [-0.2, 0) is 0 Å². The highest BCUT2D eigenvalue weighted by molar-refractivity contribution is 5.83. The summed E-state index contributed by atoms with van der Waals surface area (Å²) in [6.45, 7) is 3.21. The Balaban J connectivity index is 1.44. The van der Waals surface area contributed by atoms with E-state index >= 15 is 4.39 Å². The molecule has 1 aromatic carbocycles. The van der Waals surface area contributed by atoms with Crippen molar-refractivity contribution in [3.8, 4) is 5.75 Å². The van der Waals surface area contributed by atoms with Gasteiger partial charge in [-0.2, -0.15) is 9.07 Å². The number of nitrogens with zero attached hydrogens (tertiary/aromatic N) is 4. The van der Waals surface area contributed by atoms with E-state index in [0.29, 0.717) is 41.1 Å². The first-order valence-corrected chi connectivity index (χ1v) is 11.2. The van der Waals surface area contributed by atoms with E-state index in [0.717, 1.165) is 25.0 Å². The van der Waals surface area contributed by atoms with Crippen molar-refractivity contribution in [3.05, 3.63) is 62.7 Å². The standard InChI is InChI=1S/C23H27FN6O3/c1-13-19-18(22(31)30(26)23(32)29(19)15-7-8-15)27-21(24)20(13)28-10-9-14(11-28)17(25)12-33-16-5-3-2-4-6-16/h2-6,14-15,17H,7-12,25-26H2,1H3. The average Bonchev–Trinajstić information content (AvgIpc) is 3.53. The first-order valence-electron chi connectivity index (χ1n) is 11.2. The van der Waals surface area contributed by atoms with Crippen molar-refractivity contribution in [1.29, 1.82) is 0 Å². The Bertz CT molecular complexity index is 1320. The van der Waals surface area contributed by atoms with Crippen molar-refractivity contribution in [2.75, 3.05) is 30.4 Å². The Morgan fingerprint density at radius 2 is 1.94 bits per heavy atom. The molecule has 2 atom stereocenters. The maximum Gasteiger partial charge on any atom is 0.350 e. The predicted octanol–water partition coefficient (Wildman–Crippen LogP) is 1.29. The van der Waals surface area contributed by atoms with Gasteiger partial charge in [0.2, 0.25) is 5.95 Å². The number of hydrogen-bond acceptors (Lipinski definition) is 7. The highest BCUT2D eigenvalue weighted by Crippen LogP contribution is 2.38. The van der Waals surface area contributed by atoms with Gasteiger partial charge in [0.15, 0.2) is 5.52 Å². The van der Waals surface area contributed by atoms with Crippen molar-refractivity contribution >= 4 is 16.7 Å². The Kier molecular flexibility index (Phi) is 5.32. The third-order valence-corrected chi connectivity index (χ3v) is 6.66. The topological polar surface area (TPSA) is 121 Å². The van der Waals surface area contributed by atoms with Crippen molar-refractivity contribution < 1.29 is 9.13 Å². The molecule has 3 aromatic rings. The summed E-state index contributed by atoms with van der Waals surface area (Å²) in [5.41, 5.74) is 6.08. The molecule has 0 radical (unpaired) electrons. The van der Waals surface area contributed by atoms with E-state index in [1.807, 2.05) is 35.2 Å². The second-order valence-electron chi connectivity index (χ2n) is 8.92. The van der Waals surface area contributed by atoms with Gasteiger partial charge in [0.25, 0.3) is 0 Å². The molecule has 2 fully saturated rings. The molecule has 10 heteroatoms. The summed E-state index contributed by atoms with van der Waals surface area (Å²) in [7, 11) is 0. The van der Waals surface area contributed by atoms with Crippen LogP contribution in [0.2, 0.25) is 0 Å². The van der Waals surface area contributed by atoms with Crippen LogP contribution in [0.5, 0.6) is 5.75 Å². The molecule has 9 nitrogen and oxygen atoms in total. The lowest BCUT2D eigenvalue weighted by Crippen LogP contribution is -2.45. The number of aryl methyl sites for hydroxylation is 1. The molecule has 0 spiro atoms. The number of aromatic nitrogens is 3. The molecule has 1 aliphatic carbocycles. The van der Waals surface area contributed by atoms with E-state index < -0.39 is 17.2 Å². The summed E-state index contributed by atoms with van der Waals surface area (Å²) in [4.78, 5) is 31.1. The molecular weight excluding hydrogens is 427 g/mol. The lowest BCUT2D eigenvalue weighted by atomic mass is 10.0. The molecule has 0 bridgehead atoms. The number of nitrogen functional groups attached to an aromatic ring is 1. The summed E-state index contributed by atoms with van der Waals surface area (Å²) in [6.07, 6.45) is 2.39. The van der Waals surface area contributed by atoms with Crippen LogP contribution in [0, 0.1) is 18.8 Å². The molecular formula is C23H27FN6O3. The van der Waals surface area contributed by atoms with Gasteiger partial charge in [0.05, 0.1) is 11.2 Å². The maximum atomic E-state index is 15.2. The average molecular weight is 455 g/mol. The van der Waals surface area contributed by atoms with Gasteiger partial charge in [0, 0.05) is 30.7 Å². The van der Waals surface area contributed by atoms with E-state index in [-0.39, 0.29) is 23.5 Å². The molecule has 2 aliphatic rings. The van der Waals surface area contributed by atoms with Gasteiger partial charge in [-0.3, -0.25) is 9.36 Å². The molecule has 1 aliphatic heterocycles. The summed E-state index contributed by atoms with van der Waals surface area (Å²) < 4.78 is 23.0. The lowest BCUT2D eigenvalue weighted by molar-refractivity contribution is 0.253. The fraction of sp³-hybridized carbons (Fsp3) is 0.435. The van der Waals surface area contributed by atoms with Gasteiger partial charge in [-0.1, -0.05) is 18.2 Å². The van der Waals surface area contributed by atoms with Gasteiger partial charge in [-0.15, -0.1) is 0 Å². The van der Waals surface area contributed by atoms with Crippen molar-refractivity contribution in [2.45, 2.75) is 38.3 Å². The van der Waals surface area contributed by atoms with Crippen LogP contribution in [0.1, 0.15) is 30.9 Å². The Morgan fingerprint density at radius 3 is 2.64 bits per heavy atom. The van der Waals surface area contributed by atoms with E-state index in [4.69, 9.17) is 16.3 Å². The van der Waals surface area contributed by atoms with Gasteiger partial charge in [0.1, 0.15) is 12.4 Å².